The summed E-state index contributed by atoms with van der Waals surface area (Å²) >= 11 is 6.85. The van der Waals surface area contributed by atoms with Gasteiger partial charge in [-0.05, 0) is 125 Å². The summed E-state index contributed by atoms with van der Waals surface area (Å²) in [5.74, 6) is 0.790. The fraction of sp³-hybridized carbons (Fsp3) is 0.575. The number of hydrogen-bond donors (Lipinski definition) is 0. The highest BCUT2D eigenvalue weighted by Crippen LogP contribution is 2.38. The van der Waals surface area contributed by atoms with Gasteiger partial charge in [0, 0.05) is 28.8 Å². The van der Waals surface area contributed by atoms with Crippen LogP contribution in [0.5, 0.6) is 5.75 Å². The van der Waals surface area contributed by atoms with Gasteiger partial charge >= 0.3 is 0 Å². The molecule has 252 valence electrons. The zero-order valence-corrected chi connectivity index (χ0v) is 30.7. The average Bonchev–Trinajstić information content (AvgIpc) is 3.05. The number of ether oxygens (including phenoxy) is 2. The lowest BCUT2D eigenvalue weighted by molar-refractivity contribution is 0.105. The summed E-state index contributed by atoms with van der Waals surface area (Å²) in [6, 6.07) is 9.86. The third-order valence-corrected chi connectivity index (χ3v) is 8.37. The SMILES string of the molecule is C=Cc1ccc2c(c1)C(C(=O)c1cc(C)c(CCCN(CCCC)CCCC)c(Cl)c1)=C(CCCC)CO2.CC.COC(C)C. The molecule has 0 spiro atoms. The first kappa shape index (κ1) is 40.6. The van der Waals surface area contributed by atoms with E-state index in [2.05, 4.69) is 39.2 Å². The van der Waals surface area contributed by atoms with E-state index >= 15 is 0 Å². The normalized spacial score (nSPS) is 12.2. The molecule has 2 aromatic rings. The number of rotatable bonds is 17. The number of hydrogen-bond acceptors (Lipinski definition) is 4. The molecule has 0 radical (unpaired) electrons. The van der Waals surface area contributed by atoms with Crippen LogP contribution in [0.4, 0.5) is 0 Å². The smallest absolute Gasteiger partial charge is 0.193 e. The molecule has 0 saturated carbocycles. The Morgan fingerprint density at radius 3 is 2.11 bits per heavy atom. The van der Waals surface area contributed by atoms with Gasteiger partial charge < -0.3 is 14.4 Å². The minimum Gasteiger partial charge on any atom is -0.489 e. The van der Waals surface area contributed by atoms with E-state index in [0.29, 0.717) is 23.3 Å². The van der Waals surface area contributed by atoms with Gasteiger partial charge in [-0.1, -0.05) is 84.2 Å². The van der Waals surface area contributed by atoms with E-state index < -0.39 is 0 Å². The number of methoxy groups -OCH3 is 1. The van der Waals surface area contributed by atoms with Crippen LogP contribution in [-0.4, -0.2) is 50.1 Å². The van der Waals surface area contributed by atoms with Gasteiger partial charge in [-0.25, -0.2) is 0 Å². The Morgan fingerprint density at radius 1 is 0.978 bits per heavy atom. The highest BCUT2D eigenvalue weighted by atomic mass is 35.5. The molecule has 4 nitrogen and oxygen atoms in total. The Kier molecular flexibility index (Phi) is 20.8. The average molecular weight is 640 g/mol. The molecule has 0 unspecified atom stereocenters. The number of aryl methyl sites for hydroxylation is 1. The monoisotopic (exact) mass is 639 g/mol. The molecule has 0 saturated heterocycles. The largest absolute Gasteiger partial charge is 0.489 e. The fourth-order valence-electron chi connectivity index (χ4n) is 5.24. The van der Waals surface area contributed by atoms with Crippen molar-refractivity contribution in [3.63, 3.8) is 0 Å². The van der Waals surface area contributed by atoms with E-state index in [9.17, 15) is 4.79 Å². The molecule has 0 N–H and O–H groups in total. The molecular weight excluding hydrogens is 578 g/mol. The Morgan fingerprint density at radius 2 is 1.58 bits per heavy atom. The van der Waals surface area contributed by atoms with Crippen LogP contribution in [0, 0.1) is 6.92 Å². The summed E-state index contributed by atoms with van der Waals surface area (Å²) in [6.45, 7) is 24.6. The van der Waals surface area contributed by atoms with Crippen molar-refractivity contribution in [3.8, 4) is 5.75 Å². The van der Waals surface area contributed by atoms with Gasteiger partial charge in [0.15, 0.2) is 5.78 Å². The lowest BCUT2D eigenvalue weighted by Crippen LogP contribution is -2.27. The van der Waals surface area contributed by atoms with Crippen molar-refractivity contribution < 1.29 is 14.3 Å². The quantitative estimate of drug-likeness (QED) is 0.161. The molecule has 1 heterocycles. The summed E-state index contributed by atoms with van der Waals surface area (Å²) < 4.78 is 10.8. The number of Topliss-reactive ketones (excluding diaryl/α,β-unsaturated/α-hetero) is 1. The van der Waals surface area contributed by atoms with Gasteiger partial charge in [0.1, 0.15) is 12.4 Å². The molecule has 1 aliphatic rings. The van der Waals surface area contributed by atoms with Gasteiger partial charge in [-0.2, -0.15) is 0 Å². The van der Waals surface area contributed by atoms with Crippen LogP contribution in [0.15, 0.2) is 42.5 Å². The first-order valence-corrected chi connectivity index (χ1v) is 17.8. The van der Waals surface area contributed by atoms with Crippen molar-refractivity contribution in [2.75, 3.05) is 33.4 Å². The van der Waals surface area contributed by atoms with Gasteiger partial charge in [0.2, 0.25) is 0 Å². The maximum atomic E-state index is 14.1. The predicted molar refractivity (Wildman–Crippen MR) is 197 cm³/mol. The molecule has 0 amide bonds. The number of benzene rings is 2. The zero-order valence-electron chi connectivity index (χ0n) is 30.0. The molecule has 0 atom stereocenters. The molecule has 3 rings (SSSR count). The summed E-state index contributed by atoms with van der Waals surface area (Å²) in [7, 11) is 1.70. The topological polar surface area (TPSA) is 38.8 Å². The molecule has 0 aromatic heterocycles. The Labute approximate surface area is 281 Å². The van der Waals surface area contributed by atoms with Gasteiger partial charge in [0.25, 0.3) is 0 Å². The minimum atomic E-state index is 0.0312. The Bertz CT molecular complexity index is 1170. The second-order valence-electron chi connectivity index (χ2n) is 11.8. The van der Waals surface area contributed by atoms with Crippen LogP contribution < -0.4 is 4.74 Å². The van der Waals surface area contributed by atoms with E-state index in [1.807, 2.05) is 64.1 Å². The number of halogens is 1. The zero-order chi connectivity index (χ0) is 33.8. The number of unbranched alkanes of at least 4 members (excludes halogenated alkanes) is 3. The molecule has 1 aliphatic heterocycles. The summed E-state index contributed by atoms with van der Waals surface area (Å²) in [5, 5.41) is 0.699. The van der Waals surface area contributed by atoms with Gasteiger partial charge in [0.05, 0.1) is 6.10 Å². The molecule has 0 aliphatic carbocycles. The number of allylic oxidation sites excluding steroid dienone is 1. The van der Waals surface area contributed by atoms with Crippen molar-refractivity contribution in [1.29, 1.82) is 0 Å². The van der Waals surface area contributed by atoms with Crippen LogP contribution in [0.1, 0.15) is 132 Å². The molecule has 0 fully saturated rings. The predicted octanol–water partition coefficient (Wildman–Crippen LogP) is 11.4. The van der Waals surface area contributed by atoms with Gasteiger partial charge in [-0.3, -0.25) is 4.79 Å². The van der Waals surface area contributed by atoms with Crippen molar-refractivity contribution in [2.24, 2.45) is 0 Å². The molecule has 0 bridgehead atoms. The molecule has 5 heteroatoms. The third kappa shape index (κ3) is 13.5. The van der Waals surface area contributed by atoms with Crippen molar-refractivity contribution in [2.45, 2.75) is 119 Å². The van der Waals surface area contributed by atoms with Crippen LogP contribution >= 0.6 is 11.6 Å². The van der Waals surface area contributed by atoms with Crippen LogP contribution in [0.2, 0.25) is 5.02 Å². The lowest BCUT2D eigenvalue weighted by atomic mass is 9.86. The van der Waals surface area contributed by atoms with E-state index in [-0.39, 0.29) is 5.78 Å². The maximum absolute atomic E-state index is 14.1. The molecular formula is C40H62ClNO3. The number of ketones is 1. The first-order valence-electron chi connectivity index (χ1n) is 17.4. The van der Waals surface area contributed by atoms with Gasteiger partial charge in [-0.15, -0.1) is 0 Å². The Hall–Kier alpha value is -2.40. The summed E-state index contributed by atoms with van der Waals surface area (Å²) in [4.78, 5) is 16.6. The number of carbonyl (C=O) groups excluding carboxylic acids is 1. The van der Waals surface area contributed by atoms with E-state index in [1.54, 1.807) is 7.11 Å². The maximum Gasteiger partial charge on any atom is 0.193 e. The highest BCUT2D eigenvalue weighted by Gasteiger charge is 2.27. The standard InChI is InChI=1S/C34H46ClNO2.C4H10O.C2H6/c1-6-10-14-27-24-38-32-17-16-26(9-4)22-30(32)33(27)34(37)28-21-25(5)29(31(35)23-28)15-13-20-36(18-11-7-2)19-12-8-3;1-4(2)5-3;1-2/h9,16-17,21-23H,4,6-8,10-15,18-20,24H2,1-3,5H3;4H,1-3H3;1-2H3. The number of carbonyl (C=O) groups is 1. The van der Waals surface area contributed by atoms with Crippen molar-refractivity contribution in [3.05, 3.63) is 75.3 Å². The third-order valence-electron chi connectivity index (χ3n) is 8.03. The van der Waals surface area contributed by atoms with E-state index in [4.69, 9.17) is 21.1 Å². The number of nitrogens with zero attached hydrogens (tertiary/aromatic N) is 1. The number of fused-ring (bicyclic) bond motifs is 1. The van der Waals surface area contributed by atoms with E-state index in [1.165, 1.54) is 38.8 Å². The first-order chi connectivity index (χ1) is 21.7. The second kappa shape index (κ2) is 23.0. The fourth-order valence-corrected chi connectivity index (χ4v) is 5.60. The van der Waals surface area contributed by atoms with Crippen LogP contribution in [0.25, 0.3) is 11.6 Å². The lowest BCUT2D eigenvalue weighted by Gasteiger charge is -2.25. The van der Waals surface area contributed by atoms with Crippen LogP contribution in [0.3, 0.4) is 0 Å². The highest BCUT2D eigenvalue weighted by molar-refractivity contribution is 6.34. The van der Waals surface area contributed by atoms with Crippen molar-refractivity contribution in [1.82, 2.24) is 4.90 Å². The molecule has 2 aromatic carbocycles. The second-order valence-corrected chi connectivity index (χ2v) is 12.3. The van der Waals surface area contributed by atoms with Crippen molar-refractivity contribution >= 4 is 29.0 Å². The Balaban J connectivity index is 0.00000131. The van der Waals surface area contributed by atoms with Crippen LogP contribution in [-0.2, 0) is 11.2 Å². The summed E-state index contributed by atoms with van der Waals surface area (Å²) in [6.07, 6.45) is 12.1. The molecule has 45 heavy (non-hydrogen) atoms. The van der Waals surface area contributed by atoms with E-state index in [0.717, 1.165) is 77.8 Å². The summed E-state index contributed by atoms with van der Waals surface area (Å²) in [5.41, 5.74) is 6.60. The minimum absolute atomic E-state index is 0.0312.